The summed E-state index contributed by atoms with van der Waals surface area (Å²) in [5.41, 5.74) is 0. The number of rotatable bonds is 46. The number of carbonyl (C=O) groups is 3. The molecule has 0 amide bonds. The minimum absolute atomic E-state index is 0.112. The van der Waals surface area contributed by atoms with E-state index in [9.17, 15) is 14.4 Å². The summed E-state index contributed by atoms with van der Waals surface area (Å²) in [6.45, 7) is 6.40. The number of hydrogen-bond donors (Lipinski definition) is 0. The standard InChI is InChI=1S/C57H96O6/c1-4-7-10-13-16-19-22-25-26-27-28-29-30-33-35-38-41-44-47-50-56(59)62-53-54(63-57(60)51-48-45-42-39-36-32-24-21-18-15-12-9-6-3)52-61-55(58)49-46-43-40-37-34-31-23-20-17-14-11-8-5-2/h9,12,15,18,21,24,27-28,31-32,34,36,39,42,54H,4-8,10-11,13-14,16-17,19-20,22-23,25-26,29-30,33,35,37-38,40-41,43-53H2,1-3H3/b12-9+,18-15+,24-21+,28-27+,34-31+,36-32+,42-39+. The Hall–Kier alpha value is -3.41. The Morgan fingerprint density at radius 1 is 0.333 bits per heavy atom. The lowest BCUT2D eigenvalue weighted by Crippen LogP contribution is -2.30. The van der Waals surface area contributed by atoms with E-state index in [4.69, 9.17) is 14.2 Å². The van der Waals surface area contributed by atoms with Crippen LogP contribution in [0.15, 0.2) is 85.1 Å². The van der Waals surface area contributed by atoms with E-state index >= 15 is 0 Å². The quantitative estimate of drug-likeness (QED) is 0.0199. The summed E-state index contributed by atoms with van der Waals surface area (Å²) in [5.74, 6) is -1.01. The van der Waals surface area contributed by atoms with Gasteiger partial charge in [0.2, 0.25) is 0 Å². The van der Waals surface area contributed by atoms with Gasteiger partial charge < -0.3 is 14.2 Å². The van der Waals surface area contributed by atoms with Gasteiger partial charge in [-0.2, -0.15) is 0 Å². The van der Waals surface area contributed by atoms with Crippen LogP contribution in [0.5, 0.6) is 0 Å². The minimum atomic E-state index is -0.820. The Balaban J connectivity index is 4.45. The Morgan fingerprint density at radius 3 is 1.06 bits per heavy atom. The highest BCUT2D eigenvalue weighted by Gasteiger charge is 2.19. The molecular weight excluding hydrogens is 781 g/mol. The molecule has 0 fully saturated rings. The summed E-state index contributed by atoms with van der Waals surface area (Å²) in [7, 11) is 0. The van der Waals surface area contributed by atoms with E-state index < -0.39 is 6.10 Å². The van der Waals surface area contributed by atoms with Crippen molar-refractivity contribution in [1.29, 1.82) is 0 Å². The van der Waals surface area contributed by atoms with Crippen LogP contribution in [0, 0.1) is 0 Å². The van der Waals surface area contributed by atoms with Crippen LogP contribution in [0.4, 0.5) is 0 Å². The second-order valence-electron chi connectivity index (χ2n) is 17.2. The summed E-state index contributed by atoms with van der Waals surface area (Å²) >= 11 is 0. The first kappa shape index (κ1) is 59.6. The van der Waals surface area contributed by atoms with Gasteiger partial charge in [0.1, 0.15) is 13.2 Å². The van der Waals surface area contributed by atoms with E-state index in [-0.39, 0.29) is 37.5 Å². The Morgan fingerprint density at radius 2 is 0.651 bits per heavy atom. The maximum absolute atomic E-state index is 12.7. The second kappa shape index (κ2) is 51.2. The zero-order valence-electron chi connectivity index (χ0n) is 41.1. The predicted molar refractivity (Wildman–Crippen MR) is 270 cm³/mol. The minimum Gasteiger partial charge on any atom is -0.462 e. The zero-order chi connectivity index (χ0) is 45.8. The molecule has 360 valence electrons. The topological polar surface area (TPSA) is 78.9 Å². The molecule has 0 rings (SSSR count). The fourth-order valence-corrected chi connectivity index (χ4v) is 7.05. The molecule has 0 aliphatic heterocycles. The molecule has 0 aromatic rings. The zero-order valence-corrected chi connectivity index (χ0v) is 41.1. The third kappa shape index (κ3) is 49.5. The van der Waals surface area contributed by atoms with E-state index in [2.05, 4.69) is 51.2 Å². The Kier molecular flexibility index (Phi) is 48.5. The van der Waals surface area contributed by atoms with Crippen molar-refractivity contribution in [3.05, 3.63) is 85.1 Å². The molecule has 0 saturated heterocycles. The third-order valence-electron chi connectivity index (χ3n) is 11.0. The van der Waals surface area contributed by atoms with Crippen molar-refractivity contribution in [2.45, 2.75) is 245 Å². The molecule has 63 heavy (non-hydrogen) atoms. The highest BCUT2D eigenvalue weighted by molar-refractivity contribution is 5.71. The van der Waals surface area contributed by atoms with Gasteiger partial charge in [-0.1, -0.05) is 221 Å². The lowest BCUT2D eigenvalue weighted by molar-refractivity contribution is -0.167. The molecule has 1 atom stereocenters. The average Bonchev–Trinajstić information content (AvgIpc) is 3.28. The van der Waals surface area contributed by atoms with Crippen LogP contribution in [-0.4, -0.2) is 37.2 Å². The molecule has 0 heterocycles. The van der Waals surface area contributed by atoms with Crippen molar-refractivity contribution in [1.82, 2.24) is 0 Å². The van der Waals surface area contributed by atoms with Gasteiger partial charge in [-0.05, 0) is 83.5 Å². The predicted octanol–water partition coefficient (Wildman–Crippen LogP) is 17.2. The fraction of sp³-hybridized carbons (Fsp3) is 0.702. The highest BCUT2D eigenvalue weighted by atomic mass is 16.6. The smallest absolute Gasteiger partial charge is 0.306 e. The Bertz CT molecular complexity index is 1240. The van der Waals surface area contributed by atoms with E-state index in [0.29, 0.717) is 19.3 Å². The number of unbranched alkanes of at least 4 members (excludes halogenated alkanes) is 25. The van der Waals surface area contributed by atoms with Crippen LogP contribution in [0.25, 0.3) is 0 Å². The van der Waals surface area contributed by atoms with Crippen LogP contribution in [0.3, 0.4) is 0 Å². The fourth-order valence-electron chi connectivity index (χ4n) is 7.05. The maximum Gasteiger partial charge on any atom is 0.306 e. The third-order valence-corrected chi connectivity index (χ3v) is 11.0. The molecule has 6 nitrogen and oxygen atoms in total. The van der Waals surface area contributed by atoms with Crippen LogP contribution >= 0.6 is 0 Å². The van der Waals surface area contributed by atoms with E-state index in [0.717, 1.165) is 64.2 Å². The van der Waals surface area contributed by atoms with Crippen molar-refractivity contribution < 1.29 is 28.6 Å². The molecule has 0 radical (unpaired) electrons. The van der Waals surface area contributed by atoms with E-state index in [1.807, 2.05) is 54.7 Å². The molecule has 1 unspecified atom stereocenters. The molecule has 0 saturated carbocycles. The molecule has 0 aliphatic carbocycles. The molecule has 0 aromatic carbocycles. The van der Waals surface area contributed by atoms with Gasteiger partial charge >= 0.3 is 17.9 Å². The molecule has 0 bridgehead atoms. The molecule has 6 heteroatoms. The van der Waals surface area contributed by atoms with Gasteiger partial charge in [0.05, 0.1) is 0 Å². The first-order valence-electron chi connectivity index (χ1n) is 26.2. The maximum atomic E-state index is 12.7. The van der Waals surface area contributed by atoms with Gasteiger partial charge in [-0.15, -0.1) is 0 Å². The van der Waals surface area contributed by atoms with Crippen LogP contribution < -0.4 is 0 Å². The monoisotopic (exact) mass is 877 g/mol. The summed E-state index contributed by atoms with van der Waals surface area (Å²) in [5, 5.41) is 0. The first-order valence-corrected chi connectivity index (χ1v) is 26.2. The van der Waals surface area contributed by atoms with E-state index in [1.165, 1.54) is 128 Å². The number of hydrogen-bond acceptors (Lipinski definition) is 6. The summed E-state index contributed by atoms with van der Waals surface area (Å²) in [6, 6.07) is 0. The van der Waals surface area contributed by atoms with Crippen molar-refractivity contribution in [2.75, 3.05) is 13.2 Å². The van der Waals surface area contributed by atoms with Gasteiger partial charge in [-0.25, -0.2) is 0 Å². The van der Waals surface area contributed by atoms with Crippen molar-refractivity contribution in [3.63, 3.8) is 0 Å². The Labute approximate surface area is 388 Å². The summed E-state index contributed by atoms with van der Waals surface area (Å²) in [6.07, 6.45) is 65.8. The SMILES string of the molecule is CC/C=C/C=C/C=C/C=C/C=C/CCCC(=O)OC(COC(=O)CCCCC/C=C/CCCCCCCC)COC(=O)CCCCCCCCC/C=C/CCCCCCCCCC. The van der Waals surface area contributed by atoms with Gasteiger partial charge in [0.15, 0.2) is 6.10 Å². The number of carbonyl (C=O) groups excluding carboxylic acids is 3. The van der Waals surface area contributed by atoms with Gasteiger partial charge in [0, 0.05) is 19.3 Å². The molecule has 0 spiro atoms. The normalized spacial score (nSPS) is 12.7. The molecule has 0 aliphatic rings. The first-order chi connectivity index (χ1) is 31.0. The largest absolute Gasteiger partial charge is 0.462 e. The number of esters is 3. The molecular formula is C57H96O6. The van der Waals surface area contributed by atoms with Crippen LogP contribution in [-0.2, 0) is 28.6 Å². The molecule has 0 N–H and O–H groups in total. The van der Waals surface area contributed by atoms with E-state index in [1.54, 1.807) is 0 Å². The van der Waals surface area contributed by atoms with Crippen molar-refractivity contribution >= 4 is 17.9 Å². The summed E-state index contributed by atoms with van der Waals surface area (Å²) < 4.78 is 16.7. The average molecular weight is 877 g/mol. The number of allylic oxidation sites excluding steroid dienone is 14. The summed E-state index contributed by atoms with van der Waals surface area (Å²) in [4.78, 5) is 37.9. The number of ether oxygens (including phenoxy) is 3. The second-order valence-corrected chi connectivity index (χ2v) is 17.2. The highest BCUT2D eigenvalue weighted by Crippen LogP contribution is 2.14. The van der Waals surface area contributed by atoms with Gasteiger partial charge in [-0.3, -0.25) is 14.4 Å². The van der Waals surface area contributed by atoms with Crippen LogP contribution in [0.2, 0.25) is 0 Å². The molecule has 0 aromatic heterocycles. The van der Waals surface area contributed by atoms with Crippen LogP contribution in [0.1, 0.15) is 239 Å². The lowest BCUT2D eigenvalue weighted by Gasteiger charge is -2.18. The van der Waals surface area contributed by atoms with Gasteiger partial charge in [0.25, 0.3) is 0 Å². The lowest BCUT2D eigenvalue weighted by atomic mass is 10.1. The van der Waals surface area contributed by atoms with Crippen molar-refractivity contribution in [2.24, 2.45) is 0 Å². The van der Waals surface area contributed by atoms with Crippen molar-refractivity contribution in [3.8, 4) is 0 Å².